The number of fused-ring (bicyclic) bond motifs is 1. The summed E-state index contributed by atoms with van der Waals surface area (Å²) in [4.78, 5) is 0. The van der Waals surface area contributed by atoms with Crippen LogP contribution in [0.3, 0.4) is 0 Å². The minimum absolute atomic E-state index is 0.262. The van der Waals surface area contributed by atoms with Crippen LogP contribution in [0.2, 0.25) is 0 Å². The molecule has 0 aromatic heterocycles. The lowest BCUT2D eigenvalue weighted by atomic mass is 10.0. The number of hydrogen-bond acceptors (Lipinski definition) is 3. The summed E-state index contributed by atoms with van der Waals surface area (Å²) < 4.78 is 18.3. The normalized spacial score (nSPS) is 18.1. The van der Waals surface area contributed by atoms with Gasteiger partial charge in [-0.15, -0.1) is 0 Å². The minimum atomic E-state index is -0.363. The number of ether oxygens (including phenoxy) is 1. The van der Waals surface area contributed by atoms with E-state index >= 15 is 0 Å². The summed E-state index contributed by atoms with van der Waals surface area (Å²) in [5.74, 6) is 5.08. The molecule has 2 N–H and O–H groups in total. The van der Waals surface area contributed by atoms with Gasteiger partial charge in [0, 0.05) is 12.0 Å². The quantitative estimate of drug-likeness (QED) is 0.482. The van der Waals surface area contributed by atoms with Crippen LogP contribution in [0, 0.1) is 5.82 Å². The van der Waals surface area contributed by atoms with Crippen molar-refractivity contribution in [1.29, 1.82) is 0 Å². The Hall–Kier alpha value is -1.58. The van der Waals surface area contributed by atoms with Crippen LogP contribution < -0.4 is 10.6 Å². The SMILES string of the molecule is NN=C1CCOc2c(F)cccc21. The van der Waals surface area contributed by atoms with E-state index in [1.165, 1.54) is 6.07 Å². The van der Waals surface area contributed by atoms with Crippen LogP contribution >= 0.6 is 0 Å². The first-order chi connectivity index (χ1) is 6.33. The highest BCUT2D eigenvalue weighted by Gasteiger charge is 2.19. The molecule has 1 aliphatic rings. The van der Waals surface area contributed by atoms with Crippen LogP contribution in [-0.4, -0.2) is 12.3 Å². The number of para-hydroxylation sites is 1. The van der Waals surface area contributed by atoms with Crippen LogP contribution in [0.15, 0.2) is 23.3 Å². The summed E-state index contributed by atoms with van der Waals surface area (Å²) in [5, 5.41) is 3.60. The second kappa shape index (κ2) is 3.05. The molecular formula is C9H9FN2O. The highest BCUT2D eigenvalue weighted by Crippen LogP contribution is 2.27. The molecule has 4 heteroatoms. The molecule has 0 radical (unpaired) electrons. The number of nitrogens with zero attached hydrogens (tertiary/aromatic N) is 1. The van der Waals surface area contributed by atoms with Crippen molar-refractivity contribution < 1.29 is 9.13 Å². The van der Waals surface area contributed by atoms with E-state index in [1.807, 2.05) is 0 Å². The highest BCUT2D eigenvalue weighted by atomic mass is 19.1. The maximum atomic E-state index is 13.2. The van der Waals surface area contributed by atoms with Gasteiger partial charge in [-0.25, -0.2) is 4.39 Å². The number of rotatable bonds is 0. The average Bonchev–Trinajstić information content (AvgIpc) is 2.18. The van der Waals surface area contributed by atoms with E-state index in [-0.39, 0.29) is 11.6 Å². The minimum Gasteiger partial charge on any atom is -0.489 e. The second-order valence-corrected chi connectivity index (χ2v) is 2.79. The van der Waals surface area contributed by atoms with Gasteiger partial charge in [0.05, 0.1) is 12.3 Å². The van der Waals surface area contributed by atoms with Crippen molar-refractivity contribution in [3.63, 3.8) is 0 Å². The van der Waals surface area contributed by atoms with Gasteiger partial charge in [0.15, 0.2) is 11.6 Å². The molecule has 0 amide bonds. The van der Waals surface area contributed by atoms with E-state index in [1.54, 1.807) is 12.1 Å². The molecule has 13 heavy (non-hydrogen) atoms. The summed E-state index contributed by atoms with van der Waals surface area (Å²) in [6.45, 7) is 0.434. The van der Waals surface area contributed by atoms with Gasteiger partial charge in [0.1, 0.15) is 0 Å². The molecule has 0 saturated heterocycles. The van der Waals surface area contributed by atoms with Crippen molar-refractivity contribution in [2.24, 2.45) is 10.9 Å². The molecular weight excluding hydrogens is 171 g/mol. The smallest absolute Gasteiger partial charge is 0.165 e. The molecule has 0 saturated carbocycles. The molecule has 0 unspecified atom stereocenters. The maximum absolute atomic E-state index is 13.2. The Morgan fingerprint density at radius 3 is 3.08 bits per heavy atom. The fourth-order valence-electron chi connectivity index (χ4n) is 1.40. The third kappa shape index (κ3) is 1.24. The Morgan fingerprint density at radius 1 is 1.46 bits per heavy atom. The second-order valence-electron chi connectivity index (χ2n) is 2.79. The monoisotopic (exact) mass is 180 g/mol. The molecule has 0 fully saturated rings. The summed E-state index contributed by atoms with van der Waals surface area (Å²) in [6.07, 6.45) is 0.632. The van der Waals surface area contributed by atoms with Gasteiger partial charge < -0.3 is 10.6 Å². The number of halogens is 1. The van der Waals surface area contributed by atoms with Crippen LogP contribution in [-0.2, 0) is 0 Å². The maximum Gasteiger partial charge on any atom is 0.165 e. The molecule has 0 bridgehead atoms. The van der Waals surface area contributed by atoms with Gasteiger partial charge in [-0.05, 0) is 12.1 Å². The van der Waals surface area contributed by atoms with Gasteiger partial charge in [-0.1, -0.05) is 6.07 Å². The third-order valence-electron chi connectivity index (χ3n) is 2.02. The van der Waals surface area contributed by atoms with Crippen molar-refractivity contribution in [2.45, 2.75) is 6.42 Å². The van der Waals surface area contributed by atoms with Crippen molar-refractivity contribution in [1.82, 2.24) is 0 Å². The highest BCUT2D eigenvalue weighted by molar-refractivity contribution is 6.03. The van der Waals surface area contributed by atoms with Gasteiger partial charge in [0.2, 0.25) is 0 Å². The third-order valence-corrected chi connectivity index (χ3v) is 2.02. The summed E-state index contributed by atoms with van der Waals surface area (Å²) in [5.41, 5.74) is 1.36. The zero-order valence-corrected chi connectivity index (χ0v) is 6.96. The largest absolute Gasteiger partial charge is 0.489 e. The molecule has 3 nitrogen and oxygen atoms in total. The summed E-state index contributed by atoms with van der Waals surface area (Å²) in [7, 11) is 0. The topological polar surface area (TPSA) is 47.6 Å². The predicted molar refractivity (Wildman–Crippen MR) is 47.2 cm³/mol. The van der Waals surface area contributed by atoms with Gasteiger partial charge in [0.25, 0.3) is 0 Å². The van der Waals surface area contributed by atoms with Crippen LogP contribution in [0.4, 0.5) is 4.39 Å². The van der Waals surface area contributed by atoms with Gasteiger partial charge in [-0.2, -0.15) is 5.10 Å². The van der Waals surface area contributed by atoms with E-state index in [0.29, 0.717) is 24.3 Å². The lowest BCUT2D eigenvalue weighted by Gasteiger charge is -2.18. The summed E-state index contributed by atoms with van der Waals surface area (Å²) >= 11 is 0. The fourth-order valence-corrected chi connectivity index (χ4v) is 1.40. The van der Waals surface area contributed by atoms with Crippen LogP contribution in [0.1, 0.15) is 12.0 Å². The first-order valence-electron chi connectivity index (χ1n) is 4.01. The number of hydrogen-bond donors (Lipinski definition) is 1. The molecule has 68 valence electrons. The van der Waals surface area contributed by atoms with Crippen molar-refractivity contribution >= 4 is 5.71 Å². The zero-order chi connectivity index (χ0) is 9.26. The van der Waals surface area contributed by atoms with E-state index in [4.69, 9.17) is 10.6 Å². The van der Waals surface area contributed by atoms with Crippen molar-refractivity contribution in [3.05, 3.63) is 29.6 Å². The molecule has 0 aliphatic carbocycles. The fraction of sp³-hybridized carbons (Fsp3) is 0.222. The van der Waals surface area contributed by atoms with E-state index < -0.39 is 0 Å². The number of hydrazone groups is 1. The van der Waals surface area contributed by atoms with E-state index in [2.05, 4.69) is 5.10 Å². The molecule has 1 aromatic rings. The Balaban J connectivity index is 2.58. The zero-order valence-electron chi connectivity index (χ0n) is 6.96. The Kier molecular flexibility index (Phi) is 1.88. The lowest BCUT2D eigenvalue weighted by molar-refractivity contribution is 0.303. The van der Waals surface area contributed by atoms with Crippen LogP contribution in [0.5, 0.6) is 5.75 Å². The molecule has 2 rings (SSSR count). The van der Waals surface area contributed by atoms with E-state index in [9.17, 15) is 4.39 Å². The van der Waals surface area contributed by atoms with Crippen molar-refractivity contribution in [3.8, 4) is 5.75 Å². The molecule has 0 atom stereocenters. The molecule has 0 spiro atoms. The predicted octanol–water partition coefficient (Wildman–Crippen LogP) is 1.27. The Morgan fingerprint density at radius 2 is 2.31 bits per heavy atom. The molecule has 1 aliphatic heterocycles. The Bertz CT molecular complexity index is 363. The van der Waals surface area contributed by atoms with Gasteiger partial charge in [-0.3, -0.25) is 0 Å². The lowest BCUT2D eigenvalue weighted by Crippen LogP contribution is -2.18. The Labute approximate surface area is 75.0 Å². The van der Waals surface area contributed by atoms with Crippen molar-refractivity contribution in [2.75, 3.05) is 6.61 Å². The standard InChI is InChI=1S/C9H9FN2O/c10-7-3-1-2-6-8(12-11)4-5-13-9(6)7/h1-3H,4-5,11H2. The first-order valence-corrected chi connectivity index (χ1v) is 4.01. The first kappa shape index (κ1) is 8.04. The number of benzene rings is 1. The number of nitrogens with two attached hydrogens (primary N) is 1. The molecule has 1 aromatic carbocycles. The molecule has 1 heterocycles. The van der Waals surface area contributed by atoms with Crippen LogP contribution in [0.25, 0.3) is 0 Å². The summed E-state index contributed by atoms with van der Waals surface area (Å²) in [6, 6.07) is 4.73. The van der Waals surface area contributed by atoms with E-state index in [0.717, 1.165) is 0 Å². The van der Waals surface area contributed by atoms with Gasteiger partial charge >= 0.3 is 0 Å². The average molecular weight is 180 g/mol.